The molecule has 1 N–H and O–H groups in total. The van der Waals surface area contributed by atoms with Gasteiger partial charge in [0.15, 0.2) is 0 Å². The van der Waals surface area contributed by atoms with E-state index < -0.39 is 0 Å². The lowest BCUT2D eigenvalue weighted by Crippen LogP contribution is -2.12. The Balaban J connectivity index is 2.11. The molecule has 1 aliphatic heterocycles. The molecule has 2 heteroatoms. The van der Waals surface area contributed by atoms with Crippen LogP contribution >= 0.6 is 11.8 Å². The van der Waals surface area contributed by atoms with E-state index in [2.05, 4.69) is 30.9 Å². The van der Waals surface area contributed by atoms with E-state index in [1.807, 2.05) is 0 Å². The monoisotopic (exact) mass is 159 g/mol. The minimum absolute atomic E-state index is 0.852. The van der Waals surface area contributed by atoms with E-state index in [1.54, 1.807) is 0 Å². The Kier molecular flexibility index (Phi) is 3.57. The van der Waals surface area contributed by atoms with E-state index in [0.717, 1.165) is 10.5 Å². The summed E-state index contributed by atoms with van der Waals surface area (Å²) in [5, 5.41) is 5.13. The first-order chi connectivity index (χ1) is 4.83. The van der Waals surface area contributed by atoms with Gasteiger partial charge < -0.3 is 5.32 Å². The SMILES string of the molecule is CCC(C)SC1CCNC1. The summed E-state index contributed by atoms with van der Waals surface area (Å²) < 4.78 is 0. The van der Waals surface area contributed by atoms with Crippen LogP contribution < -0.4 is 5.32 Å². The van der Waals surface area contributed by atoms with Gasteiger partial charge in [0.1, 0.15) is 0 Å². The van der Waals surface area contributed by atoms with Crippen molar-refractivity contribution in [2.45, 2.75) is 37.2 Å². The lowest BCUT2D eigenvalue weighted by Gasteiger charge is -2.12. The van der Waals surface area contributed by atoms with Crippen molar-refractivity contribution in [3.8, 4) is 0 Å². The zero-order valence-electron chi connectivity index (χ0n) is 6.89. The van der Waals surface area contributed by atoms with Crippen LogP contribution in [0.4, 0.5) is 0 Å². The smallest absolute Gasteiger partial charge is 0.0187 e. The minimum Gasteiger partial charge on any atom is -0.316 e. The highest BCUT2D eigenvalue weighted by atomic mass is 32.2. The number of nitrogens with one attached hydrogen (secondary N) is 1. The van der Waals surface area contributed by atoms with E-state index in [-0.39, 0.29) is 0 Å². The van der Waals surface area contributed by atoms with Crippen molar-refractivity contribution in [3.63, 3.8) is 0 Å². The first-order valence-corrected chi connectivity index (χ1v) is 5.13. The first-order valence-electron chi connectivity index (χ1n) is 4.19. The molecule has 1 nitrogen and oxygen atoms in total. The summed E-state index contributed by atoms with van der Waals surface area (Å²) in [6.45, 7) is 7.05. The second kappa shape index (κ2) is 4.24. The Morgan fingerprint density at radius 3 is 3.00 bits per heavy atom. The number of rotatable bonds is 3. The summed E-state index contributed by atoms with van der Waals surface area (Å²) in [6, 6.07) is 0. The van der Waals surface area contributed by atoms with Crippen LogP contribution in [0.15, 0.2) is 0 Å². The van der Waals surface area contributed by atoms with Crippen molar-refractivity contribution < 1.29 is 0 Å². The van der Waals surface area contributed by atoms with Gasteiger partial charge in [-0.2, -0.15) is 11.8 Å². The maximum atomic E-state index is 3.38. The molecule has 0 spiro atoms. The molecule has 0 aromatic heterocycles. The van der Waals surface area contributed by atoms with Crippen LogP contribution in [-0.2, 0) is 0 Å². The lowest BCUT2D eigenvalue weighted by molar-refractivity contribution is 0.855. The molecule has 0 amide bonds. The van der Waals surface area contributed by atoms with E-state index in [9.17, 15) is 0 Å². The van der Waals surface area contributed by atoms with Crippen LogP contribution in [-0.4, -0.2) is 23.6 Å². The molecule has 0 radical (unpaired) electrons. The number of hydrogen-bond acceptors (Lipinski definition) is 2. The maximum Gasteiger partial charge on any atom is 0.0187 e. The summed E-state index contributed by atoms with van der Waals surface area (Å²) in [7, 11) is 0. The maximum absolute atomic E-state index is 3.38. The summed E-state index contributed by atoms with van der Waals surface area (Å²) in [5.74, 6) is 0. The summed E-state index contributed by atoms with van der Waals surface area (Å²) >= 11 is 2.14. The van der Waals surface area contributed by atoms with Crippen molar-refractivity contribution in [2.75, 3.05) is 13.1 Å². The zero-order valence-corrected chi connectivity index (χ0v) is 7.71. The minimum atomic E-state index is 0.852. The predicted octanol–water partition coefficient (Wildman–Crippen LogP) is 1.88. The fourth-order valence-corrected chi connectivity index (χ4v) is 2.49. The molecule has 1 saturated heterocycles. The van der Waals surface area contributed by atoms with E-state index in [1.165, 1.54) is 25.9 Å². The molecule has 0 saturated carbocycles. The van der Waals surface area contributed by atoms with Crippen LogP contribution in [0.2, 0.25) is 0 Å². The van der Waals surface area contributed by atoms with Crippen LogP contribution in [0.1, 0.15) is 26.7 Å². The fourth-order valence-electron chi connectivity index (χ4n) is 1.17. The molecule has 0 aromatic carbocycles. The molecule has 2 atom stereocenters. The molecular weight excluding hydrogens is 142 g/mol. The predicted molar refractivity (Wildman–Crippen MR) is 48.6 cm³/mol. The largest absolute Gasteiger partial charge is 0.316 e. The Labute approximate surface area is 68.0 Å². The molecule has 1 aliphatic rings. The van der Waals surface area contributed by atoms with Crippen molar-refractivity contribution in [1.29, 1.82) is 0 Å². The number of hydrogen-bond donors (Lipinski definition) is 1. The molecule has 1 rings (SSSR count). The highest BCUT2D eigenvalue weighted by Crippen LogP contribution is 2.23. The zero-order chi connectivity index (χ0) is 7.40. The van der Waals surface area contributed by atoms with Crippen LogP contribution in [0.5, 0.6) is 0 Å². The highest BCUT2D eigenvalue weighted by molar-refractivity contribution is 8.00. The molecule has 0 aliphatic carbocycles. The third-order valence-corrected chi connectivity index (χ3v) is 3.60. The first kappa shape index (κ1) is 8.41. The van der Waals surface area contributed by atoms with Crippen LogP contribution in [0.25, 0.3) is 0 Å². The van der Waals surface area contributed by atoms with Crippen LogP contribution in [0, 0.1) is 0 Å². The molecule has 2 unspecified atom stereocenters. The molecular formula is C8H17NS. The average molecular weight is 159 g/mol. The second-order valence-electron chi connectivity index (χ2n) is 2.97. The second-order valence-corrected chi connectivity index (χ2v) is 4.71. The van der Waals surface area contributed by atoms with Gasteiger partial charge in [-0.25, -0.2) is 0 Å². The Morgan fingerprint density at radius 1 is 1.70 bits per heavy atom. The van der Waals surface area contributed by atoms with Crippen molar-refractivity contribution in [3.05, 3.63) is 0 Å². The van der Waals surface area contributed by atoms with E-state index >= 15 is 0 Å². The standard InChI is InChI=1S/C8H17NS/c1-3-7(2)10-8-4-5-9-6-8/h7-9H,3-6H2,1-2H3. The number of thioether (sulfide) groups is 1. The van der Waals surface area contributed by atoms with Crippen molar-refractivity contribution in [1.82, 2.24) is 5.32 Å². The molecule has 1 heterocycles. The van der Waals surface area contributed by atoms with Gasteiger partial charge in [0.05, 0.1) is 0 Å². The van der Waals surface area contributed by atoms with Crippen molar-refractivity contribution in [2.24, 2.45) is 0 Å². The van der Waals surface area contributed by atoms with Gasteiger partial charge in [0, 0.05) is 17.0 Å². The Bertz CT molecular complexity index is 89.3. The Hall–Kier alpha value is 0.310. The van der Waals surface area contributed by atoms with Gasteiger partial charge >= 0.3 is 0 Å². The Morgan fingerprint density at radius 2 is 2.50 bits per heavy atom. The molecule has 10 heavy (non-hydrogen) atoms. The van der Waals surface area contributed by atoms with Gasteiger partial charge in [-0.05, 0) is 19.4 Å². The highest BCUT2D eigenvalue weighted by Gasteiger charge is 2.16. The van der Waals surface area contributed by atoms with Gasteiger partial charge in [0.2, 0.25) is 0 Å². The average Bonchev–Trinajstić information content (AvgIpc) is 2.40. The summed E-state index contributed by atoms with van der Waals surface area (Å²) in [4.78, 5) is 0. The summed E-state index contributed by atoms with van der Waals surface area (Å²) in [6.07, 6.45) is 2.68. The van der Waals surface area contributed by atoms with Gasteiger partial charge in [-0.15, -0.1) is 0 Å². The summed E-state index contributed by atoms with van der Waals surface area (Å²) in [5.41, 5.74) is 0. The van der Waals surface area contributed by atoms with Crippen molar-refractivity contribution >= 4 is 11.8 Å². The normalized spacial score (nSPS) is 28.8. The van der Waals surface area contributed by atoms with Crippen LogP contribution in [0.3, 0.4) is 0 Å². The topological polar surface area (TPSA) is 12.0 Å². The van der Waals surface area contributed by atoms with E-state index in [4.69, 9.17) is 0 Å². The van der Waals surface area contributed by atoms with Gasteiger partial charge in [-0.1, -0.05) is 13.8 Å². The third kappa shape index (κ3) is 2.51. The lowest BCUT2D eigenvalue weighted by atomic mass is 10.4. The molecule has 1 fully saturated rings. The molecule has 60 valence electrons. The quantitative estimate of drug-likeness (QED) is 0.675. The molecule has 0 aromatic rings. The van der Waals surface area contributed by atoms with E-state index in [0.29, 0.717) is 0 Å². The fraction of sp³-hybridized carbons (Fsp3) is 1.00. The molecule has 0 bridgehead atoms. The van der Waals surface area contributed by atoms with Gasteiger partial charge in [-0.3, -0.25) is 0 Å². The van der Waals surface area contributed by atoms with Gasteiger partial charge in [0.25, 0.3) is 0 Å². The third-order valence-electron chi connectivity index (χ3n) is 2.01.